The predicted octanol–water partition coefficient (Wildman–Crippen LogP) is 2.55. The summed E-state index contributed by atoms with van der Waals surface area (Å²) in [6, 6.07) is 7.40. The van der Waals surface area contributed by atoms with Crippen LogP contribution in [0.1, 0.15) is 36.3 Å². The average Bonchev–Trinajstić information content (AvgIpc) is 3.07. The molecular weight excluding hydrogens is 363 g/mol. The van der Waals surface area contributed by atoms with Gasteiger partial charge in [0.2, 0.25) is 5.91 Å². The minimum Gasteiger partial charge on any atom is -0.493 e. The maximum atomic E-state index is 12.5. The summed E-state index contributed by atoms with van der Waals surface area (Å²) in [6.07, 6.45) is 3.47. The quantitative estimate of drug-likeness (QED) is 0.712. The zero-order valence-electron chi connectivity index (χ0n) is 14.1. The molecule has 0 radical (unpaired) electrons. The van der Waals surface area contributed by atoms with Gasteiger partial charge in [-0.25, -0.2) is 4.98 Å². The van der Waals surface area contributed by atoms with Crippen molar-refractivity contribution in [1.82, 2.24) is 20.6 Å². The van der Waals surface area contributed by atoms with E-state index in [-0.39, 0.29) is 30.7 Å². The van der Waals surface area contributed by atoms with Crippen LogP contribution in [0.2, 0.25) is 0 Å². The molecule has 0 spiro atoms. The highest BCUT2D eigenvalue weighted by Crippen LogP contribution is 2.21. The minimum absolute atomic E-state index is 0. The van der Waals surface area contributed by atoms with Gasteiger partial charge in [-0.05, 0) is 12.5 Å². The van der Waals surface area contributed by atoms with Crippen LogP contribution in [0, 0.1) is 0 Å². The van der Waals surface area contributed by atoms with Crippen molar-refractivity contribution in [3.63, 3.8) is 0 Å². The normalized spacial score (nSPS) is 15.3. The van der Waals surface area contributed by atoms with Crippen LogP contribution >= 0.6 is 24.8 Å². The topological polar surface area (TPSA) is 79.0 Å². The van der Waals surface area contributed by atoms with Gasteiger partial charge in [0.05, 0.1) is 18.6 Å². The number of hydrogen-bond acceptors (Lipinski definition) is 4. The number of fused-ring (bicyclic) bond motifs is 1. The Kier molecular flexibility index (Phi) is 8.75. The lowest BCUT2D eigenvalue weighted by molar-refractivity contribution is -0.123. The first kappa shape index (κ1) is 21.3. The summed E-state index contributed by atoms with van der Waals surface area (Å²) >= 11 is 0. The molecular formula is C17H24Cl2N4O2. The van der Waals surface area contributed by atoms with E-state index < -0.39 is 6.04 Å². The van der Waals surface area contributed by atoms with Crippen molar-refractivity contribution in [2.75, 3.05) is 13.2 Å². The number of para-hydroxylation sites is 1. The fourth-order valence-electron chi connectivity index (χ4n) is 2.72. The lowest BCUT2D eigenvalue weighted by Gasteiger charge is -2.22. The lowest BCUT2D eigenvalue weighted by atomic mass is 10.0. The molecule has 2 aromatic rings. The number of nitrogens with zero attached hydrogens (tertiary/aromatic N) is 1. The van der Waals surface area contributed by atoms with Crippen LogP contribution in [0.4, 0.5) is 0 Å². The molecule has 1 aliphatic heterocycles. The van der Waals surface area contributed by atoms with Crippen molar-refractivity contribution in [3.8, 4) is 5.75 Å². The van der Waals surface area contributed by atoms with E-state index in [9.17, 15) is 4.79 Å². The third-order valence-corrected chi connectivity index (χ3v) is 3.90. The fraction of sp³-hybridized carbons (Fsp3) is 0.412. The summed E-state index contributed by atoms with van der Waals surface area (Å²) in [4.78, 5) is 19.9. The molecule has 138 valence electrons. The Balaban J connectivity index is 0.00000156. The summed E-state index contributed by atoms with van der Waals surface area (Å²) in [5, 5.41) is 6.20. The van der Waals surface area contributed by atoms with Crippen molar-refractivity contribution < 1.29 is 9.53 Å². The average molecular weight is 387 g/mol. The van der Waals surface area contributed by atoms with E-state index in [1.807, 2.05) is 24.3 Å². The molecule has 0 saturated carbocycles. The molecule has 8 heteroatoms. The number of amides is 1. The largest absolute Gasteiger partial charge is 0.493 e. The van der Waals surface area contributed by atoms with E-state index in [0.29, 0.717) is 13.2 Å². The molecule has 25 heavy (non-hydrogen) atoms. The Labute approximate surface area is 160 Å². The van der Waals surface area contributed by atoms with Crippen molar-refractivity contribution in [3.05, 3.63) is 47.5 Å². The van der Waals surface area contributed by atoms with E-state index in [0.717, 1.165) is 42.1 Å². The van der Waals surface area contributed by atoms with Gasteiger partial charge in [0.25, 0.3) is 0 Å². The second-order valence-corrected chi connectivity index (χ2v) is 5.58. The lowest BCUT2D eigenvalue weighted by Crippen LogP contribution is -2.41. The molecule has 0 fully saturated rings. The molecule has 1 aliphatic rings. The van der Waals surface area contributed by atoms with Gasteiger partial charge in [-0.3, -0.25) is 4.79 Å². The Morgan fingerprint density at radius 1 is 1.36 bits per heavy atom. The zero-order chi connectivity index (χ0) is 16.1. The van der Waals surface area contributed by atoms with Gasteiger partial charge >= 0.3 is 0 Å². The number of benzene rings is 1. The van der Waals surface area contributed by atoms with Crippen LogP contribution in [0.15, 0.2) is 30.6 Å². The first-order valence-electron chi connectivity index (χ1n) is 8.03. The van der Waals surface area contributed by atoms with E-state index in [1.165, 1.54) is 0 Å². The number of halogens is 2. The van der Waals surface area contributed by atoms with Crippen LogP contribution in [0.3, 0.4) is 0 Å². The van der Waals surface area contributed by atoms with Crippen LogP contribution in [0.25, 0.3) is 0 Å². The molecule has 0 aliphatic carbocycles. The molecule has 3 rings (SSSR count). The highest BCUT2D eigenvalue weighted by molar-refractivity contribution is 5.85. The Morgan fingerprint density at radius 3 is 2.96 bits per heavy atom. The van der Waals surface area contributed by atoms with Crippen molar-refractivity contribution in [1.29, 1.82) is 0 Å². The molecule has 3 N–H and O–H groups in total. The molecule has 1 aromatic heterocycles. The van der Waals surface area contributed by atoms with Crippen molar-refractivity contribution in [2.24, 2.45) is 0 Å². The third-order valence-electron chi connectivity index (χ3n) is 3.90. The molecule has 1 unspecified atom stereocenters. The standard InChI is InChI=1S/C17H22N4O2.2ClH/c1-2-9-23-14-6-4-3-5-12(14)10-19-17(22)16-15-13(7-8-18-16)20-11-21-15;;/h3-6,11,16,18H,2,7-10H2,1H3,(H,19,22)(H,20,21);2*1H. The second-order valence-electron chi connectivity index (χ2n) is 5.58. The number of carbonyl (C=O) groups excluding carboxylic acids is 1. The van der Waals surface area contributed by atoms with E-state index in [4.69, 9.17) is 4.74 Å². The third kappa shape index (κ3) is 5.11. The molecule has 1 amide bonds. The molecule has 0 saturated heterocycles. The first-order chi connectivity index (χ1) is 11.3. The van der Waals surface area contributed by atoms with Crippen molar-refractivity contribution in [2.45, 2.75) is 32.4 Å². The number of rotatable bonds is 6. The van der Waals surface area contributed by atoms with Gasteiger partial charge in [-0.1, -0.05) is 25.1 Å². The Hall–Kier alpha value is -1.76. The summed E-state index contributed by atoms with van der Waals surface area (Å²) in [6.45, 7) is 3.95. The molecule has 6 nitrogen and oxygen atoms in total. The molecule has 1 aromatic carbocycles. The maximum absolute atomic E-state index is 12.5. The molecule has 1 atom stereocenters. The van der Waals surface area contributed by atoms with Crippen molar-refractivity contribution >= 4 is 30.7 Å². The van der Waals surface area contributed by atoms with Gasteiger partial charge in [0.1, 0.15) is 11.8 Å². The van der Waals surface area contributed by atoms with Crippen LogP contribution < -0.4 is 15.4 Å². The number of aromatic nitrogens is 2. The number of nitrogens with one attached hydrogen (secondary N) is 3. The van der Waals surface area contributed by atoms with Gasteiger partial charge in [-0.2, -0.15) is 0 Å². The smallest absolute Gasteiger partial charge is 0.243 e. The minimum atomic E-state index is -0.395. The maximum Gasteiger partial charge on any atom is 0.243 e. The highest BCUT2D eigenvalue weighted by Gasteiger charge is 2.28. The summed E-state index contributed by atoms with van der Waals surface area (Å²) in [5.41, 5.74) is 2.81. The number of ether oxygens (including phenoxy) is 1. The zero-order valence-corrected chi connectivity index (χ0v) is 15.7. The number of aromatic amines is 1. The monoisotopic (exact) mass is 386 g/mol. The number of hydrogen-bond donors (Lipinski definition) is 3. The van der Waals surface area contributed by atoms with E-state index in [2.05, 4.69) is 27.5 Å². The number of H-pyrrole nitrogens is 1. The van der Waals surface area contributed by atoms with Crippen LogP contribution in [0.5, 0.6) is 5.75 Å². The number of carbonyl (C=O) groups is 1. The van der Waals surface area contributed by atoms with Crippen LogP contribution in [-0.4, -0.2) is 29.0 Å². The van der Waals surface area contributed by atoms with Gasteiger partial charge in [-0.15, -0.1) is 24.8 Å². The highest BCUT2D eigenvalue weighted by atomic mass is 35.5. The fourth-order valence-corrected chi connectivity index (χ4v) is 2.72. The Bertz CT molecular complexity index is 678. The molecule has 2 heterocycles. The van der Waals surface area contributed by atoms with Gasteiger partial charge < -0.3 is 20.4 Å². The van der Waals surface area contributed by atoms with Gasteiger partial charge in [0, 0.05) is 30.8 Å². The SMILES string of the molecule is CCCOc1ccccc1CNC(=O)C1NCCc2[nH]cnc21.Cl.Cl. The Morgan fingerprint density at radius 2 is 2.16 bits per heavy atom. The summed E-state index contributed by atoms with van der Waals surface area (Å²) < 4.78 is 5.72. The second kappa shape index (κ2) is 10.3. The van der Waals surface area contributed by atoms with E-state index >= 15 is 0 Å². The molecule has 0 bridgehead atoms. The summed E-state index contributed by atoms with van der Waals surface area (Å²) in [7, 11) is 0. The van der Waals surface area contributed by atoms with Gasteiger partial charge in [0.15, 0.2) is 0 Å². The van der Waals surface area contributed by atoms with E-state index in [1.54, 1.807) is 6.33 Å². The van der Waals surface area contributed by atoms with Crippen LogP contribution in [-0.2, 0) is 17.8 Å². The summed E-state index contributed by atoms with van der Waals surface area (Å²) in [5.74, 6) is 0.759. The first-order valence-corrected chi connectivity index (χ1v) is 8.03. The number of imidazole rings is 1. The predicted molar refractivity (Wildman–Crippen MR) is 102 cm³/mol.